The molecule has 0 atom stereocenters. The molecule has 0 fully saturated rings. The second-order valence-electron chi connectivity index (χ2n) is 5.37. The lowest BCUT2D eigenvalue weighted by molar-refractivity contribution is 0.694. The van der Waals surface area contributed by atoms with E-state index in [1.54, 1.807) is 4.43 Å². The Labute approximate surface area is 99.1 Å². The topological polar surface area (TPSA) is 0 Å². The highest BCUT2D eigenvalue weighted by molar-refractivity contribution is 6.73. The van der Waals surface area contributed by atoms with Gasteiger partial charge in [-0.15, -0.1) is 4.43 Å². The van der Waals surface area contributed by atoms with E-state index < -0.39 is 14.1 Å². The SMILES string of the molecule is CC(C)[CH2][Al]([CH2]C(C)C)[c]1ccccc1. The monoisotopic (exact) mass is 218 g/mol. The van der Waals surface area contributed by atoms with Gasteiger partial charge in [0.15, 0.2) is 0 Å². The average Bonchev–Trinajstić information content (AvgIpc) is 2.17. The zero-order valence-electron chi connectivity index (χ0n) is 10.5. The van der Waals surface area contributed by atoms with Crippen LogP contribution in [0, 0.1) is 11.8 Å². The third-order valence-corrected chi connectivity index (χ3v) is 7.13. The van der Waals surface area contributed by atoms with Crippen molar-refractivity contribution in [3.05, 3.63) is 30.3 Å². The summed E-state index contributed by atoms with van der Waals surface area (Å²) in [6.45, 7) is 9.40. The fourth-order valence-electron chi connectivity index (χ4n) is 2.23. The van der Waals surface area contributed by atoms with Crippen molar-refractivity contribution >= 4 is 18.6 Å². The Balaban J connectivity index is 2.72. The normalized spacial score (nSPS) is 11.1. The summed E-state index contributed by atoms with van der Waals surface area (Å²) in [4.78, 5) is 0. The Morgan fingerprint density at radius 3 is 1.73 bits per heavy atom. The van der Waals surface area contributed by atoms with Gasteiger partial charge in [0.05, 0.1) is 0 Å². The Hall–Kier alpha value is -0.248. The number of rotatable bonds is 5. The Bertz CT molecular complexity index is 254. The summed E-state index contributed by atoms with van der Waals surface area (Å²) in [7, 11) is 0. The molecule has 0 radical (unpaired) electrons. The molecule has 0 heterocycles. The zero-order chi connectivity index (χ0) is 11.3. The molecular formula is C14H23Al. The van der Waals surface area contributed by atoms with Gasteiger partial charge in [0.2, 0.25) is 0 Å². The van der Waals surface area contributed by atoms with Gasteiger partial charge in [-0.25, -0.2) is 0 Å². The summed E-state index contributed by atoms with van der Waals surface area (Å²) in [5.41, 5.74) is 0. The maximum absolute atomic E-state index is 2.35. The Kier molecular flexibility index (Phi) is 5.44. The lowest BCUT2D eigenvalue weighted by Crippen LogP contribution is -2.32. The molecule has 1 heteroatoms. The summed E-state index contributed by atoms with van der Waals surface area (Å²) in [6.07, 6.45) is 0. The summed E-state index contributed by atoms with van der Waals surface area (Å²) in [5, 5.41) is 2.89. The minimum Gasteiger partial charge on any atom is -0.110 e. The van der Waals surface area contributed by atoms with Crippen molar-refractivity contribution in [3.63, 3.8) is 0 Å². The first-order chi connectivity index (χ1) is 7.09. The highest BCUT2D eigenvalue weighted by Gasteiger charge is 2.21. The minimum absolute atomic E-state index is 0.708. The summed E-state index contributed by atoms with van der Waals surface area (Å²) < 4.78 is 1.65. The first-order valence-corrected chi connectivity index (χ1v) is 8.35. The van der Waals surface area contributed by atoms with Crippen molar-refractivity contribution in [2.75, 3.05) is 0 Å². The van der Waals surface area contributed by atoms with Crippen LogP contribution in [0.25, 0.3) is 0 Å². The fraction of sp³-hybridized carbons (Fsp3) is 0.571. The lowest BCUT2D eigenvalue weighted by atomic mass is 10.3. The van der Waals surface area contributed by atoms with Crippen LogP contribution in [0.1, 0.15) is 27.7 Å². The van der Waals surface area contributed by atoms with Crippen molar-refractivity contribution < 1.29 is 0 Å². The van der Waals surface area contributed by atoms with E-state index in [4.69, 9.17) is 0 Å². The molecule has 0 bridgehead atoms. The Morgan fingerprint density at radius 1 is 0.867 bits per heavy atom. The van der Waals surface area contributed by atoms with E-state index in [9.17, 15) is 0 Å². The van der Waals surface area contributed by atoms with Crippen LogP contribution >= 0.6 is 0 Å². The molecule has 0 amide bonds. The van der Waals surface area contributed by atoms with Gasteiger partial charge in [0.25, 0.3) is 0 Å². The highest BCUT2D eigenvalue weighted by atomic mass is 27.2. The molecule has 0 aliphatic rings. The molecule has 0 saturated heterocycles. The molecule has 0 aromatic heterocycles. The van der Waals surface area contributed by atoms with Crippen molar-refractivity contribution in [2.45, 2.75) is 38.3 Å². The van der Waals surface area contributed by atoms with E-state index in [1.807, 2.05) is 0 Å². The van der Waals surface area contributed by atoms with E-state index in [2.05, 4.69) is 58.0 Å². The van der Waals surface area contributed by atoms with Gasteiger partial charge in [0, 0.05) is 0 Å². The van der Waals surface area contributed by atoms with Crippen molar-refractivity contribution in [2.24, 2.45) is 11.8 Å². The standard InChI is InChI=1S/C6H5.2C4H9.Al/c1-2-4-6-5-3-1;2*1-4(2)3;/h1-5H;2*4H,1H2,2-3H3;. The average molecular weight is 218 g/mol. The van der Waals surface area contributed by atoms with Crippen LogP contribution in [-0.2, 0) is 0 Å². The maximum atomic E-state index is 2.35. The van der Waals surface area contributed by atoms with Crippen LogP contribution in [0.15, 0.2) is 30.3 Å². The van der Waals surface area contributed by atoms with E-state index >= 15 is 0 Å². The quantitative estimate of drug-likeness (QED) is 0.661. The van der Waals surface area contributed by atoms with Gasteiger partial charge < -0.3 is 0 Å². The largest absolute Gasteiger partial charge is 0.306 e. The first kappa shape index (κ1) is 12.8. The predicted molar refractivity (Wildman–Crippen MR) is 71.1 cm³/mol. The van der Waals surface area contributed by atoms with Crippen LogP contribution in [-0.4, -0.2) is 14.1 Å². The molecule has 0 saturated carbocycles. The second kappa shape index (κ2) is 6.36. The van der Waals surface area contributed by atoms with Gasteiger partial charge in [-0.2, -0.15) is 0 Å². The predicted octanol–water partition coefficient (Wildman–Crippen LogP) is 3.70. The lowest BCUT2D eigenvalue weighted by Gasteiger charge is -2.16. The number of hydrogen-bond acceptors (Lipinski definition) is 0. The molecule has 0 aliphatic carbocycles. The second-order valence-corrected chi connectivity index (χ2v) is 8.37. The molecule has 0 aliphatic heterocycles. The molecular weight excluding hydrogens is 195 g/mol. The van der Waals surface area contributed by atoms with Crippen molar-refractivity contribution in [3.8, 4) is 0 Å². The van der Waals surface area contributed by atoms with Gasteiger partial charge in [-0.1, -0.05) is 80.4 Å². The van der Waals surface area contributed by atoms with Gasteiger partial charge in [-0.05, 0) is 0 Å². The molecule has 0 nitrogen and oxygen atoms in total. The molecule has 82 valence electrons. The fourth-order valence-corrected chi connectivity index (χ4v) is 6.01. The van der Waals surface area contributed by atoms with Crippen LogP contribution in [0.4, 0.5) is 0 Å². The first-order valence-electron chi connectivity index (χ1n) is 6.14. The van der Waals surface area contributed by atoms with E-state index in [1.165, 1.54) is 10.6 Å². The molecule has 1 aromatic rings. The number of benzene rings is 1. The van der Waals surface area contributed by atoms with Gasteiger partial charge in [-0.3, -0.25) is 0 Å². The Morgan fingerprint density at radius 2 is 1.33 bits per heavy atom. The molecule has 0 N–H and O–H groups in total. The van der Waals surface area contributed by atoms with Gasteiger partial charge >= 0.3 is 14.1 Å². The third-order valence-electron chi connectivity index (χ3n) is 2.78. The molecule has 0 spiro atoms. The summed E-state index contributed by atoms with van der Waals surface area (Å²) >= 11 is -0.708. The molecule has 15 heavy (non-hydrogen) atoms. The number of hydrogen-bond donors (Lipinski definition) is 0. The van der Waals surface area contributed by atoms with Crippen molar-refractivity contribution in [1.29, 1.82) is 0 Å². The smallest absolute Gasteiger partial charge is 0.110 e. The van der Waals surface area contributed by atoms with Crippen molar-refractivity contribution in [1.82, 2.24) is 0 Å². The van der Waals surface area contributed by atoms with E-state index in [0.717, 1.165) is 11.8 Å². The van der Waals surface area contributed by atoms with E-state index in [0.29, 0.717) is 0 Å². The third kappa shape index (κ3) is 4.87. The van der Waals surface area contributed by atoms with Gasteiger partial charge in [0.1, 0.15) is 0 Å². The zero-order valence-corrected chi connectivity index (χ0v) is 11.7. The van der Waals surface area contributed by atoms with Crippen LogP contribution in [0.2, 0.25) is 10.6 Å². The summed E-state index contributed by atoms with van der Waals surface area (Å²) in [5.74, 6) is 1.70. The summed E-state index contributed by atoms with van der Waals surface area (Å²) in [6, 6.07) is 11.2. The van der Waals surface area contributed by atoms with Crippen LogP contribution in [0.3, 0.4) is 0 Å². The molecule has 1 aromatic carbocycles. The molecule has 1 rings (SSSR count). The molecule has 0 unspecified atom stereocenters. The van der Waals surface area contributed by atoms with Crippen LogP contribution < -0.4 is 4.43 Å². The maximum Gasteiger partial charge on any atom is 0.306 e. The highest BCUT2D eigenvalue weighted by Crippen LogP contribution is 2.14. The van der Waals surface area contributed by atoms with Crippen LogP contribution in [0.5, 0.6) is 0 Å². The van der Waals surface area contributed by atoms with E-state index in [-0.39, 0.29) is 0 Å². The minimum atomic E-state index is -0.708.